The fraction of sp³-hybridized carbons (Fsp3) is 0.733. The number of rotatable bonds is 5. The van der Waals surface area contributed by atoms with Crippen molar-refractivity contribution in [2.24, 2.45) is 0 Å². The summed E-state index contributed by atoms with van der Waals surface area (Å²) in [5, 5.41) is 9.23. The van der Waals surface area contributed by atoms with E-state index in [-0.39, 0.29) is 12.0 Å². The van der Waals surface area contributed by atoms with Crippen molar-refractivity contribution in [3.05, 3.63) is 17.3 Å². The highest BCUT2D eigenvalue weighted by Gasteiger charge is 2.38. The van der Waals surface area contributed by atoms with E-state index in [9.17, 15) is 9.90 Å². The molecule has 112 valence electrons. The number of hydrogen-bond acceptors (Lipinski definition) is 4. The van der Waals surface area contributed by atoms with Crippen molar-refractivity contribution in [3.8, 4) is 0 Å². The van der Waals surface area contributed by atoms with Crippen molar-refractivity contribution >= 4 is 5.97 Å². The zero-order chi connectivity index (χ0) is 14.8. The molecule has 1 aromatic heterocycles. The van der Waals surface area contributed by atoms with Gasteiger partial charge in [-0.05, 0) is 33.7 Å². The van der Waals surface area contributed by atoms with Gasteiger partial charge in [-0.1, -0.05) is 19.3 Å². The van der Waals surface area contributed by atoms with Crippen LogP contribution in [0.4, 0.5) is 0 Å². The molecule has 0 saturated heterocycles. The zero-order valence-electron chi connectivity index (χ0n) is 12.6. The van der Waals surface area contributed by atoms with Gasteiger partial charge >= 0.3 is 5.97 Å². The van der Waals surface area contributed by atoms with Gasteiger partial charge in [-0.25, -0.2) is 4.98 Å². The summed E-state index contributed by atoms with van der Waals surface area (Å²) in [5.74, 6) is 0.792. The Labute approximate surface area is 120 Å². The van der Waals surface area contributed by atoms with Crippen LogP contribution < -0.4 is 0 Å². The second kappa shape index (κ2) is 5.95. The molecule has 5 nitrogen and oxygen atoms in total. The van der Waals surface area contributed by atoms with Crippen LogP contribution in [-0.4, -0.2) is 33.5 Å². The van der Waals surface area contributed by atoms with Gasteiger partial charge in [0.2, 0.25) is 5.89 Å². The maximum atomic E-state index is 11.2. The van der Waals surface area contributed by atoms with E-state index in [0.717, 1.165) is 37.1 Å². The van der Waals surface area contributed by atoms with Crippen LogP contribution in [0.3, 0.4) is 0 Å². The Morgan fingerprint density at radius 3 is 2.50 bits per heavy atom. The largest absolute Gasteiger partial charge is 0.481 e. The minimum Gasteiger partial charge on any atom is -0.481 e. The van der Waals surface area contributed by atoms with E-state index in [4.69, 9.17) is 4.42 Å². The Morgan fingerprint density at radius 1 is 1.35 bits per heavy atom. The van der Waals surface area contributed by atoms with Crippen molar-refractivity contribution in [3.63, 3.8) is 0 Å². The van der Waals surface area contributed by atoms with Gasteiger partial charge in [0.1, 0.15) is 5.76 Å². The van der Waals surface area contributed by atoms with Gasteiger partial charge < -0.3 is 9.52 Å². The third kappa shape index (κ3) is 3.20. The summed E-state index contributed by atoms with van der Waals surface area (Å²) in [6, 6.07) is 0. The van der Waals surface area contributed by atoms with Crippen molar-refractivity contribution in [2.45, 2.75) is 64.5 Å². The molecular formula is C15H24N2O3. The highest BCUT2D eigenvalue weighted by Crippen LogP contribution is 2.36. The Bertz CT molecular complexity index is 456. The van der Waals surface area contributed by atoms with Crippen molar-refractivity contribution in [1.82, 2.24) is 9.88 Å². The number of hydrogen-bond donors (Lipinski definition) is 1. The average molecular weight is 280 g/mol. The van der Waals surface area contributed by atoms with Gasteiger partial charge in [-0.2, -0.15) is 0 Å². The molecule has 0 aromatic carbocycles. The summed E-state index contributed by atoms with van der Waals surface area (Å²) in [5.41, 5.74) is 0.657. The van der Waals surface area contributed by atoms with Crippen molar-refractivity contribution < 1.29 is 14.3 Å². The Morgan fingerprint density at radius 2 is 2.00 bits per heavy atom. The Hall–Kier alpha value is -1.36. The highest BCUT2D eigenvalue weighted by atomic mass is 16.4. The van der Waals surface area contributed by atoms with Gasteiger partial charge in [0.05, 0.1) is 18.7 Å². The lowest BCUT2D eigenvalue weighted by molar-refractivity contribution is -0.141. The van der Waals surface area contributed by atoms with Crippen LogP contribution in [0.1, 0.15) is 55.9 Å². The van der Waals surface area contributed by atoms with Crippen LogP contribution in [0.2, 0.25) is 0 Å². The molecule has 0 aliphatic heterocycles. The fourth-order valence-electron chi connectivity index (χ4n) is 3.16. The summed E-state index contributed by atoms with van der Waals surface area (Å²) in [6.07, 6.45) is 5.47. The predicted octanol–water partition coefficient (Wildman–Crippen LogP) is 2.90. The molecule has 0 spiro atoms. The molecule has 1 aromatic rings. The van der Waals surface area contributed by atoms with E-state index < -0.39 is 5.97 Å². The standard InChI is InChI=1S/C15H24N2O3/c1-11-12(2)20-13(16-11)10-17(3)15(9-14(18)19)7-5-4-6-8-15/h4-10H2,1-3H3,(H,18,19). The minimum atomic E-state index is -0.724. The lowest BCUT2D eigenvalue weighted by Crippen LogP contribution is -2.49. The Balaban J connectivity index is 2.13. The number of aromatic nitrogens is 1. The van der Waals surface area contributed by atoms with Crippen molar-refractivity contribution in [1.29, 1.82) is 0 Å². The number of aryl methyl sites for hydroxylation is 2. The molecule has 20 heavy (non-hydrogen) atoms. The van der Waals surface area contributed by atoms with Crippen LogP contribution in [0.15, 0.2) is 4.42 Å². The van der Waals surface area contributed by atoms with E-state index in [1.54, 1.807) is 0 Å². The summed E-state index contributed by atoms with van der Waals surface area (Å²) < 4.78 is 5.63. The topological polar surface area (TPSA) is 66.6 Å². The van der Waals surface area contributed by atoms with Crippen LogP contribution in [-0.2, 0) is 11.3 Å². The predicted molar refractivity (Wildman–Crippen MR) is 75.5 cm³/mol. The number of carbonyl (C=O) groups is 1. The van der Waals surface area contributed by atoms with E-state index >= 15 is 0 Å². The van der Waals surface area contributed by atoms with Gasteiger partial charge in [0.25, 0.3) is 0 Å². The first kappa shape index (κ1) is 15.0. The molecule has 0 atom stereocenters. The van der Waals surface area contributed by atoms with Gasteiger partial charge in [0.15, 0.2) is 0 Å². The number of nitrogens with zero attached hydrogens (tertiary/aromatic N) is 2. The summed E-state index contributed by atoms with van der Waals surface area (Å²) in [6.45, 7) is 4.40. The molecule has 1 aliphatic carbocycles. The first-order valence-electron chi connectivity index (χ1n) is 7.29. The SMILES string of the molecule is Cc1nc(CN(C)C2(CC(=O)O)CCCCC2)oc1C. The second-order valence-corrected chi connectivity index (χ2v) is 5.96. The fourth-order valence-corrected chi connectivity index (χ4v) is 3.16. The van der Waals surface area contributed by atoms with Crippen LogP contribution in [0, 0.1) is 13.8 Å². The molecule has 1 heterocycles. The monoisotopic (exact) mass is 280 g/mol. The smallest absolute Gasteiger partial charge is 0.305 e. The lowest BCUT2D eigenvalue weighted by atomic mass is 9.78. The molecule has 2 rings (SSSR count). The van der Waals surface area contributed by atoms with E-state index in [2.05, 4.69) is 9.88 Å². The Kier molecular flexibility index (Phi) is 4.48. The van der Waals surface area contributed by atoms with Gasteiger partial charge in [-0.15, -0.1) is 0 Å². The molecule has 0 amide bonds. The third-order valence-corrected chi connectivity index (χ3v) is 4.52. The first-order chi connectivity index (χ1) is 9.43. The van der Waals surface area contributed by atoms with E-state index in [1.165, 1.54) is 6.42 Å². The van der Waals surface area contributed by atoms with Crippen molar-refractivity contribution in [2.75, 3.05) is 7.05 Å². The molecular weight excluding hydrogens is 256 g/mol. The molecule has 5 heteroatoms. The summed E-state index contributed by atoms with van der Waals surface area (Å²) in [4.78, 5) is 17.8. The molecule has 1 saturated carbocycles. The lowest BCUT2D eigenvalue weighted by Gasteiger charge is -2.43. The van der Waals surface area contributed by atoms with Crippen LogP contribution in [0.25, 0.3) is 0 Å². The minimum absolute atomic E-state index is 0.197. The normalized spacial score (nSPS) is 18.4. The third-order valence-electron chi connectivity index (χ3n) is 4.52. The average Bonchev–Trinajstić information content (AvgIpc) is 2.68. The molecule has 0 bridgehead atoms. The number of carboxylic acid groups (broad SMARTS) is 1. The van der Waals surface area contributed by atoms with E-state index in [0.29, 0.717) is 12.4 Å². The van der Waals surface area contributed by atoms with Crippen LogP contribution >= 0.6 is 0 Å². The number of carboxylic acids is 1. The number of aliphatic carboxylic acids is 1. The molecule has 0 radical (unpaired) electrons. The first-order valence-corrected chi connectivity index (χ1v) is 7.29. The maximum absolute atomic E-state index is 11.2. The summed E-state index contributed by atoms with van der Waals surface area (Å²) >= 11 is 0. The molecule has 1 N–H and O–H groups in total. The summed E-state index contributed by atoms with van der Waals surface area (Å²) in [7, 11) is 1.99. The quantitative estimate of drug-likeness (QED) is 0.898. The molecule has 1 aliphatic rings. The van der Waals surface area contributed by atoms with Gasteiger partial charge in [0, 0.05) is 5.54 Å². The maximum Gasteiger partial charge on any atom is 0.305 e. The van der Waals surface area contributed by atoms with Crippen LogP contribution in [0.5, 0.6) is 0 Å². The van der Waals surface area contributed by atoms with E-state index in [1.807, 2.05) is 20.9 Å². The number of oxazole rings is 1. The van der Waals surface area contributed by atoms with Gasteiger partial charge in [-0.3, -0.25) is 9.69 Å². The zero-order valence-corrected chi connectivity index (χ0v) is 12.6. The second-order valence-electron chi connectivity index (χ2n) is 5.96. The molecule has 1 fully saturated rings. The molecule has 0 unspecified atom stereocenters. The highest BCUT2D eigenvalue weighted by molar-refractivity contribution is 5.68.